The van der Waals surface area contributed by atoms with Crippen LogP contribution in [0.1, 0.15) is 45.1 Å². The van der Waals surface area contributed by atoms with Gasteiger partial charge >= 0.3 is 22.4 Å². The number of halogens is 3. The summed E-state index contributed by atoms with van der Waals surface area (Å²) in [6.45, 7) is 3.55. The molecule has 28 heavy (non-hydrogen) atoms. The Morgan fingerprint density at radius 2 is 1.79 bits per heavy atom. The summed E-state index contributed by atoms with van der Waals surface area (Å²) in [4.78, 5) is 11.7. The first-order valence-electron chi connectivity index (χ1n) is 8.77. The first-order valence-corrected chi connectivity index (χ1v) is 10.2. The van der Waals surface area contributed by atoms with Crippen molar-refractivity contribution in [2.75, 3.05) is 19.8 Å². The first kappa shape index (κ1) is 24.4. The van der Waals surface area contributed by atoms with E-state index in [1.54, 1.807) is 37.3 Å². The normalized spacial score (nSPS) is 13.9. The molecule has 0 saturated heterocycles. The Hall–Kier alpha value is -1.65. The molecule has 0 aliphatic carbocycles. The van der Waals surface area contributed by atoms with E-state index in [1.807, 2.05) is 13.8 Å². The van der Waals surface area contributed by atoms with Crippen LogP contribution < -0.4 is 4.72 Å². The van der Waals surface area contributed by atoms with E-state index in [0.717, 1.165) is 5.56 Å². The highest BCUT2D eigenvalue weighted by atomic mass is 32.2. The number of nitrogens with one attached hydrogen (secondary N) is 1. The number of carbonyl (C=O) groups is 1. The third kappa shape index (κ3) is 9.03. The molecule has 0 amide bonds. The van der Waals surface area contributed by atoms with Crippen LogP contribution in [0.4, 0.5) is 13.2 Å². The molecule has 0 saturated carbocycles. The van der Waals surface area contributed by atoms with Crippen LogP contribution in [0.5, 0.6) is 0 Å². The third-order valence-corrected chi connectivity index (χ3v) is 5.21. The highest BCUT2D eigenvalue weighted by Gasteiger charge is 2.34. The number of hydrogen-bond donors (Lipinski definition) is 1. The van der Waals surface area contributed by atoms with E-state index in [-0.39, 0.29) is 25.6 Å². The molecule has 160 valence electrons. The van der Waals surface area contributed by atoms with Crippen LogP contribution in [0.25, 0.3) is 0 Å². The molecule has 1 rings (SSSR count). The maximum Gasteiger partial charge on any atom is 0.402 e. The second-order valence-electron chi connectivity index (χ2n) is 6.93. The summed E-state index contributed by atoms with van der Waals surface area (Å²) in [6.07, 6.45) is -4.18. The molecular formula is C18H26F3NO5S. The van der Waals surface area contributed by atoms with Gasteiger partial charge in [-0.15, -0.1) is 0 Å². The molecule has 0 aromatic heterocycles. The van der Waals surface area contributed by atoms with Crippen LogP contribution >= 0.6 is 0 Å². The van der Waals surface area contributed by atoms with Crippen LogP contribution in [0.3, 0.4) is 0 Å². The van der Waals surface area contributed by atoms with E-state index < -0.39 is 34.4 Å². The number of carbonyl (C=O) groups excluding carboxylic acids is 1. The van der Waals surface area contributed by atoms with Gasteiger partial charge in [0.05, 0.1) is 13.2 Å². The number of alkyl halides is 3. The fourth-order valence-electron chi connectivity index (χ4n) is 2.66. The lowest BCUT2D eigenvalue weighted by Gasteiger charge is -2.34. The fraction of sp³-hybridized carbons (Fsp3) is 0.611. The van der Waals surface area contributed by atoms with Gasteiger partial charge in [-0.2, -0.15) is 26.3 Å². The van der Waals surface area contributed by atoms with Crippen molar-refractivity contribution in [1.29, 1.82) is 0 Å². The zero-order valence-electron chi connectivity index (χ0n) is 16.1. The van der Waals surface area contributed by atoms with E-state index >= 15 is 0 Å². The van der Waals surface area contributed by atoms with Gasteiger partial charge in [0, 0.05) is 12.3 Å². The summed E-state index contributed by atoms with van der Waals surface area (Å²) in [6, 6.07) is 8.86. The molecule has 0 aliphatic rings. The molecule has 1 aromatic carbocycles. The molecule has 6 nitrogen and oxygen atoms in total. The molecule has 0 bridgehead atoms. The van der Waals surface area contributed by atoms with Crippen LogP contribution in [0.2, 0.25) is 0 Å². The van der Waals surface area contributed by atoms with E-state index in [2.05, 4.69) is 0 Å². The topological polar surface area (TPSA) is 81.7 Å². The quantitative estimate of drug-likeness (QED) is 0.549. The van der Waals surface area contributed by atoms with Crippen molar-refractivity contribution in [1.82, 2.24) is 4.72 Å². The van der Waals surface area contributed by atoms with E-state index in [9.17, 15) is 26.4 Å². The van der Waals surface area contributed by atoms with Gasteiger partial charge in [-0.25, -0.2) is 0 Å². The lowest BCUT2D eigenvalue weighted by atomic mass is 9.72. The lowest BCUT2D eigenvalue weighted by Crippen LogP contribution is -2.36. The maximum absolute atomic E-state index is 12.3. The lowest BCUT2D eigenvalue weighted by molar-refractivity contribution is -0.143. The number of hydrogen-bond acceptors (Lipinski definition) is 5. The van der Waals surface area contributed by atoms with Gasteiger partial charge in [-0.05, 0) is 24.3 Å². The zero-order valence-corrected chi connectivity index (χ0v) is 16.9. The minimum Gasteiger partial charge on any atom is -0.466 e. The van der Waals surface area contributed by atoms with E-state index in [0.29, 0.717) is 6.42 Å². The summed E-state index contributed by atoms with van der Waals surface area (Å²) >= 11 is 0. The maximum atomic E-state index is 12.3. The van der Waals surface area contributed by atoms with Crippen molar-refractivity contribution < 1.29 is 35.3 Å². The molecule has 0 spiro atoms. The predicted molar refractivity (Wildman–Crippen MR) is 97.8 cm³/mol. The molecule has 1 aromatic rings. The van der Waals surface area contributed by atoms with Crippen molar-refractivity contribution in [3.63, 3.8) is 0 Å². The van der Waals surface area contributed by atoms with Gasteiger partial charge in [0.2, 0.25) is 0 Å². The number of benzene rings is 1. The Kier molecular flexibility index (Phi) is 8.90. The number of rotatable bonds is 11. The Labute approximate surface area is 163 Å². The Morgan fingerprint density at radius 1 is 1.18 bits per heavy atom. The molecule has 1 atom stereocenters. The SMILES string of the molecule is CCOC(=O)CCC(C)(C)C(COS(=O)(=O)NCC(F)(F)F)c1ccccc1. The van der Waals surface area contributed by atoms with Crippen LogP contribution in [0.15, 0.2) is 30.3 Å². The molecule has 10 heteroatoms. The van der Waals surface area contributed by atoms with Crippen molar-refractivity contribution in [2.24, 2.45) is 5.41 Å². The minimum atomic E-state index is -4.69. The van der Waals surface area contributed by atoms with Crippen LogP contribution in [-0.4, -0.2) is 40.3 Å². The zero-order chi connectivity index (χ0) is 21.4. The van der Waals surface area contributed by atoms with Gasteiger partial charge in [-0.3, -0.25) is 8.98 Å². The van der Waals surface area contributed by atoms with Crippen molar-refractivity contribution in [3.8, 4) is 0 Å². The predicted octanol–water partition coefficient (Wildman–Crippen LogP) is 3.55. The number of esters is 1. The summed E-state index contributed by atoms with van der Waals surface area (Å²) in [5, 5.41) is 0. The van der Waals surface area contributed by atoms with Gasteiger partial charge in [-0.1, -0.05) is 44.2 Å². The third-order valence-electron chi connectivity index (χ3n) is 4.26. The van der Waals surface area contributed by atoms with Crippen molar-refractivity contribution in [3.05, 3.63) is 35.9 Å². The average Bonchev–Trinajstić information content (AvgIpc) is 2.59. The fourth-order valence-corrected chi connectivity index (χ4v) is 3.40. The van der Waals surface area contributed by atoms with Gasteiger partial charge < -0.3 is 4.74 Å². The summed E-state index contributed by atoms with van der Waals surface area (Å²) < 4.78 is 71.4. The van der Waals surface area contributed by atoms with E-state index in [1.165, 1.54) is 4.72 Å². The molecule has 0 radical (unpaired) electrons. The molecule has 0 heterocycles. The summed E-state index contributed by atoms with van der Waals surface area (Å²) in [7, 11) is -4.58. The monoisotopic (exact) mass is 425 g/mol. The first-order chi connectivity index (χ1) is 12.9. The van der Waals surface area contributed by atoms with Crippen molar-refractivity contribution >= 4 is 16.3 Å². The molecule has 0 fully saturated rings. The molecule has 0 aliphatic heterocycles. The highest BCUT2D eigenvalue weighted by Crippen LogP contribution is 2.40. The van der Waals surface area contributed by atoms with Gasteiger partial charge in [0.15, 0.2) is 0 Å². The van der Waals surface area contributed by atoms with E-state index in [4.69, 9.17) is 8.92 Å². The highest BCUT2D eigenvalue weighted by molar-refractivity contribution is 7.84. The van der Waals surface area contributed by atoms with Crippen LogP contribution in [0, 0.1) is 5.41 Å². The average molecular weight is 425 g/mol. The Bertz CT molecular complexity index is 720. The van der Waals surface area contributed by atoms with Crippen LogP contribution in [-0.2, 0) is 24.0 Å². The van der Waals surface area contributed by atoms with Crippen molar-refractivity contribution in [2.45, 2.75) is 45.7 Å². The standard InChI is InChI=1S/C18H26F3NO5S/c1-4-26-16(23)10-11-17(2,3)15(14-8-6-5-7-9-14)12-27-28(24,25)22-13-18(19,20)21/h5-9,15,22H,4,10-13H2,1-3H3. The Morgan fingerprint density at radius 3 is 2.32 bits per heavy atom. The second kappa shape index (κ2) is 10.2. The smallest absolute Gasteiger partial charge is 0.402 e. The summed E-state index contributed by atoms with van der Waals surface area (Å²) in [5.41, 5.74) is 0.163. The summed E-state index contributed by atoms with van der Waals surface area (Å²) in [5.74, 6) is -0.853. The molecule has 1 N–H and O–H groups in total. The van der Waals surface area contributed by atoms with Gasteiger partial charge in [0.25, 0.3) is 0 Å². The second-order valence-corrected chi connectivity index (χ2v) is 8.36. The Balaban J connectivity index is 2.90. The molecular weight excluding hydrogens is 399 g/mol. The number of ether oxygens (including phenoxy) is 1. The minimum absolute atomic E-state index is 0.128. The largest absolute Gasteiger partial charge is 0.466 e. The molecule has 1 unspecified atom stereocenters. The van der Waals surface area contributed by atoms with Gasteiger partial charge in [0.1, 0.15) is 6.54 Å².